The maximum atomic E-state index is 11.5. The van der Waals surface area contributed by atoms with Gasteiger partial charge in [-0.25, -0.2) is 0 Å². The normalized spacial score (nSPS) is 46.1. The zero-order valence-electron chi connectivity index (χ0n) is 21.9. The molecule has 4 saturated carbocycles. The van der Waals surface area contributed by atoms with Crippen molar-refractivity contribution in [1.82, 2.24) is 0 Å². The van der Waals surface area contributed by atoms with Crippen molar-refractivity contribution in [2.45, 2.75) is 123 Å². The van der Waals surface area contributed by atoms with E-state index in [1.54, 1.807) is 0 Å². The molecule has 5 heteroatoms. The van der Waals surface area contributed by atoms with Gasteiger partial charge in [-0.05, 0) is 124 Å². The SMILES string of the molecule is CC[C@H](C)[NH3+].C[C@H](CCC(=O)[O-])[C@H]1CC[C@H]2[C@@H]3CC[C@@H]4C[C@H](O)CC[C@]4(C)[C@H]3C[C@H](O)[C@]12C. The Hall–Kier alpha value is -0.650. The van der Waals surface area contributed by atoms with Crippen molar-refractivity contribution < 1.29 is 25.8 Å². The fourth-order valence-electron chi connectivity index (χ4n) is 8.71. The Labute approximate surface area is 201 Å². The predicted octanol–water partition coefficient (Wildman–Crippen LogP) is 3.17. The Morgan fingerprint density at radius 3 is 2.33 bits per heavy atom. The molecule has 5 N–H and O–H groups in total. The highest BCUT2D eigenvalue weighted by Crippen LogP contribution is 2.68. The van der Waals surface area contributed by atoms with Gasteiger partial charge in [0.05, 0.1) is 18.2 Å². The molecule has 4 aliphatic carbocycles. The molecule has 0 aromatic carbocycles. The van der Waals surface area contributed by atoms with Crippen LogP contribution in [0.25, 0.3) is 0 Å². The molecule has 33 heavy (non-hydrogen) atoms. The minimum Gasteiger partial charge on any atom is -0.550 e. The van der Waals surface area contributed by atoms with Crippen molar-refractivity contribution in [2.24, 2.45) is 46.3 Å². The summed E-state index contributed by atoms with van der Waals surface area (Å²) in [6.45, 7) is 11.2. The summed E-state index contributed by atoms with van der Waals surface area (Å²) in [6, 6.07) is 0.634. The summed E-state index contributed by atoms with van der Waals surface area (Å²) in [5, 5.41) is 32.6. The highest BCUT2D eigenvalue weighted by molar-refractivity contribution is 5.64. The highest BCUT2D eigenvalue weighted by Gasteiger charge is 2.63. The molecule has 4 fully saturated rings. The number of carboxylic acid groups (broad SMARTS) is 1. The molecule has 5 nitrogen and oxygen atoms in total. The van der Waals surface area contributed by atoms with Crippen LogP contribution >= 0.6 is 0 Å². The molecule has 0 aromatic rings. The largest absolute Gasteiger partial charge is 0.550 e. The van der Waals surface area contributed by atoms with Crippen LogP contribution in [0.4, 0.5) is 0 Å². The number of quaternary nitrogens is 1. The first-order chi connectivity index (χ1) is 15.4. The predicted molar refractivity (Wildman–Crippen MR) is 129 cm³/mol. The molecule has 0 spiro atoms. The van der Waals surface area contributed by atoms with Crippen molar-refractivity contribution in [1.29, 1.82) is 0 Å². The number of aliphatic hydroxyl groups is 2. The average Bonchev–Trinajstić information content (AvgIpc) is 3.12. The number of carbonyl (C=O) groups is 1. The van der Waals surface area contributed by atoms with E-state index in [0.29, 0.717) is 48.0 Å². The number of carbonyl (C=O) groups excluding carboxylic acids is 1. The minimum absolute atomic E-state index is 0.0795. The molecule has 4 aliphatic rings. The summed E-state index contributed by atoms with van der Waals surface area (Å²) in [4.78, 5) is 10.9. The van der Waals surface area contributed by atoms with Crippen LogP contribution < -0.4 is 10.8 Å². The van der Waals surface area contributed by atoms with E-state index in [2.05, 4.69) is 40.4 Å². The number of carboxylic acids is 1. The number of hydrogen-bond acceptors (Lipinski definition) is 4. The van der Waals surface area contributed by atoms with Gasteiger partial charge in [0.2, 0.25) is 0 Å². The first-order valence-electron chi connectivity index (χ1n) is 13.8. The summed E-state index contributed by atoms with van der Waals surface area (Å²) in [5.74, 6) is 2.19. The lowest BCUT2D eigenvalue weighted by atomic mass is 9.43. The van der Waals surface area contributed by atoms with E-state index in [0.717, 1.165) is 32.1 Å². The quantitative estimate of drug-likeness (QED) is 0.579. The van der Waals surface area contributed by atoms with Gasteiger partial charge in [0, 0.05) is 5.97 Å². The lowest BCUT2D eigenvalue weighted by Crippen LogP contribution is -2.58. The maximum absolute atomic E-state index is 11.5. The van der Waals surface area contributed by atoms with E-state index < -0.39 is 5.97 Å². The summed E-state index contributed by atoms with van der Waals surface area (Å²) in [6.07, 6.45) is 10.2. The van der Waals surface area contributed by atoms with Crippen molar-refractivity contribution >= 4 is 5.97 Å². The molecule has 0 radical (unpaired) electrons. The second-order valence-electron chi connectivity index (χ2n) is 12.8. The fraction of sp³-hybridized carbons (Fsp3) is 0.964. The first kappa shape index (κ1) is 26.9. The summed E-state index contributed by atoms with van der Waals surface area (Å²) >= 11 is 0. The maximum Gasteiger partial charge on any atom is 0.0812 e. The van der Waals surface area contributed by atoms with Crippen molar-refractivity contribution in [3.8, 4) is 0 Å². The molecule has 11 atom stereocenters. The molecule has 0 unspecified atom stereocenters. The van der Waals surface area contributed by atoms with Crippen LogP contribution in [0, 0.1) is 46.3 Å². The van der Waals surface area contributed by atoms with E-state index in [-0.39, 0.29) is 29.5 Å². The van der Waals surface area contributed by atoms with E-state index in [1.807, 2.05) is 0 Å². The standard InChI is InChI=1S/C24H40O4.C4H11N/c1-14(4-9-22(27)28)18-7-8-19-17-6-5-15-12-16(25)10-11-23(15,2)20(17)13-21(26)24(18,19)3;1-3-4(2)5/h14-21,25-26H,4-13H2,1-3H3,(H,27,28);4H,3,5H2,1-2H3/t14-,15-,16-,17+,18-,19+,20+,21+,23+,24-;4-/m10/s1. The molecule has 0 bridgehead atoms. The number of hydrogen-bond donors (Lipinski definition) is 3. The third kappa shape index (κ3) is 5.16. The van der Waals surface area contributed by atoms with E-state index in [9.17, 15) is 20.1 Å². The summed E-state index contributed by atoms with van der Waals surface area (Å²) in [7, 11) is 0. The molecule has 4 rings (SSSR count). The molecule has 0 aromatic heterocycles. The molecule has 0 saturated heterocycles. The van der Waals surface area contributed by atoms with Crippen LogP contribution in [0.2, 0.25) is 0 Å². The fourth-order valence-corrected chi connectivity index (χ4v) is 8.71. The Morgan fingerprint density at radius 2 is 1.73 bits per heavy atom. The van der Waals surface area contributed by atoms with Crippen molar-refractivity contribution in [3.63, 3.8) is 0 Å². The molecule has 0 heterocycles. The number of rotatable bonds is 5. The van der Waals surface area contributed by atoms with Crippen molar-refractivity contribution in [3.05, 3.63) is 0 Å². The van der Waals surface area contributed by atoms with Gasteiger partial charge in [0.15, 0.2) is 0 Å². The number of fused-ring (bicyclic) bond motifs is 5. The van der Waals surface area contributed by atoms with E-state index in [1.165, 1.54) is 25.7 Å². The zero-order chi connectivity index (χ0) is 24.6. The molecule has 0 aliphatic heterocycles. The number of aliphatic hydroxyl groups excluding tert-OH is 2. The van der Waals surface area contributed by atoms with Crippen LogP contribution in [0.15, 0.2) is 0 Å². The van der Waals surface area contributed by atoms with Gasteiger partial charge in [-0.3, -0.25) is 0 Å². The van der Waals surface area contributed by atoms with Gasteiger partial charge in [-0.15, -0.1) is 0 Å². The lowest BCUT2D eigenvalue weighted by Gasteiger charge is -2.62. The first-order valence-corrected chi connectivity index (χ1v) is 13.8. The molecular formula is C28H51NO4. The van der Waals surface area contributed by atoms with E-state index in [4.69, 9.17) is 0 Å². The summed E-state index contributed by atoms with van der Waals surface area (Å²) in [5.41, 5.74) is 3.94. The third-order valence-electron chi connectivity index (χ3n) is 11.0. The van der Waals surface area contributed by atoms with Crippen LogP contribution in [0.3, 0.4) is 0 Å². The van der Waals surface area contributed by atoms with Crippen molar-refractivity contribution in [2.75, 3.05) is 0 Å². The second-order valence-corrected chi connectivity index (χ2v) is 12.8. The molecule has 192 valence electrons. The lowest BCUT2D eigenvalue weighted by molar-refractivity contribution is -0.414. The zero-order valence-corrected chi connectivity index (χ0v) is 21.9. The van der Waals surface area contributed by atoms with Crippen LogP contribution in [0.1, 0.15) is 105 Å². The Kier molecular flexibility index (Phi) is 8.60. The van der Waals surface area contributed by atoms with E-state index >= 15 is 0 Å². The molecular weight excluding hydrogens is 414 g/mol. The molecule has 0 amide bonds. The summed E-state index contributed by atoms with van der Waals surface area (Å²) < 4.78 is 0. The average molecular weight is 466 g/mol. The van der Waals surface area contributed by atoms with Gasteiger partial charge in [0.25, 0.3) is 0 Å². The van der Waals surface area contributed by atoms with Crippen LogP contribution in [0.5, 0.6) is 0 Å². The van der Waals surface area contributed by atoms with Crippen LogP contribution in [-0.4, -0.2) is 34.4 Å². The Bertz CT molecular complexity index is 668. The number of aliphatic carboxylic acids is 1. The van der Waals surface area contributed by atoms with Gasteiger partial charge in [-0.1, -0.05) is 27.7 Å². The third-order valence-corrected chi connectivity index (χ3v) is 11.0. The Morgan fingerprint density at radius 1 is 1.06 bits per heavy atom. The highest BCUT2D eigenvalue weighted by atomic mass is 16.4. The smallest absolute Gasteiger partial charge is 0.0812 e. The second kappa shape index (κ2) is 10.5. The van der Waals surface area contributed by atoms with Gasteiger partial charge in [0.1, 0.15) is 0 Å². The van der Waals surface area contributed by atoms with Gasteiger partial charge >= 0.3 is 0 Å². The van der Waals surface area contributed by atoms with Gasteiger partial charge in [-0.2, -0.15) is 0 Å². The minimum atomic E-state index is -0.957. The van der Waals surface area contributed by atoms with Gasteiger partial charge < -0.3 is 25.8 Å². The monoisotopic (exact) mass is 465 g/mol. The Balaban J connectivity index is 0.000000555. The van der Waals surface area contributed by atoms with Crippen LogP contribution in [-0.2, 0) is 4.79 Å². The topological polar surface area (TPSA) is 108 Å².